The largest absolute Gasteiger partial charge is 0.382 e. The summed E-state index contributed by atoms with van der Waals surface area (Å²) in [5.74, 6) is 0.00501. The third kappa shape index (κ3) is 3.71. The third-order valence-electron chi connectivity index (χ3n) is 3.32. The van der Waals surface area contributed by atoms with Crippen molar-refractivity contribution in [3.05, 3.63) is 29.8 Å². The van der Waals surface area contributed by atoms with E-state index < -0.39 is 10.0 Å². The molecule has 112 valence electrons. The molecule has 0 saturated heterocycles. The van der Waals surface area contributed by atoms with Crippen molar-refractivity contribution in [2.75, 3.05) is 43.5 Å². The van der Waals surface area contributed by atoms with Crippen molar-refractivity contribution < 1.29 is 17.9 Å². The summed E-state index contributed by atoms with van der Waals surface area (Å²) in [6.45, 7) is 1.65. The van der Waals surface area contributed by atoms with Gasteiger partial charge in [0.15, 0.2) is 0 Å². The Kier molecular flexibility index (Phi) is 5.39. The van der Waals surface area contributed by atoms with Gasteiger partial charge in [0.1, 0.15) is 0 Å². The molecule has 0 fully saturated rings. The summed E-state index contributed by atoms with van der Waals surface area (Å²) in [6.07, 6.45) is 1.80. The highest BCUT2D eigenvalue weighted by atomic mass is 32.2. The molecule has 1 aromatic carbocycles. The van der Waals surface area contributed by atoms with Crippen LogP contribution in [0.4, 0.5) is 5.69 Å². The first-order valence-corrected chi connectivity index (χ1v) is 8.41. The number of para-hydroxylation sites is 1. The van der Waals surface area contributed by atoms with E-state index in [9.17, 15) is 8.42 Å². The second-order valence-corrected chi connectivity index (χ2v) is 6.74. The van der Waals surface area contributed by atoms with Crippen LogP contribution < -0.4 is 4.31 Å². The number of sulfonamides is 1. The zero-order valence-electron chi connectivity index (χ0n) is 11.7. The van der Waals surface area contributed by atoms with E-state index in [4.69, 9.17) is 9.47 Å². The Balaban J connectivity index is 2.00. The Bertz CT molecular complexity index is 530. The highest BCUT2D eigenvalue weighted by Crippen LogP contribution is 2.29. The molecule has 1 heterocycles. The number of aryl methyl sites for hydroxylation is 1. The molecule has 0 amide bonds. The van der Waals surface area contributed by atoms with Crippen molar-refractivity contribution in [3.8, 4) is 0 Å². The summed E-state index contributed by atoms with van der Waals surface area (Å²) in [5.41, 5.74) is 1.92. The Morgan fingerprint density at radius 2 is 2.00 bits per heavy atom. The van der Waals surface area contributed by atoms with E-state index in [1.807, 2.05) is 24.3 Å². The zero-order chi connectivity index (χ0) is 14.4. The van der Waals surface area contributed by atoms with Gasteiger partial charge < -0.3 is 9.47 Å². The van der Waals surface area contributed by atoms with Gasteiger partial charge in [-0.05, 0) is 24.5 Å². The molecule has 6 heteroatoms. The second kappa shape index (κ2) is 7.06. The number of anilines is 1. The van der Waals surface area contributed by atoms with Crippen LogP contribution in [0.25, 0.3) is 0 Å². The monoisotopic (exact) mass is 299 g/mol. The number of nitrogens with zero attached hydrogens (tertiary/aromatic N) is 1. The summed E-state index contributed by atoms with van der Waals surface area (Å²) in [7, 11) is -1.73. The topological polar surface area (TPSA) is 55.8 Å². The molecule has 0 bridgehead atoms. The van der Waals surface area contributed by atoms with Crippen molar-refractivity contribution in [1.29, 1.82) is 0 Å². The van der Waals surface area contributed by atoms with Crippen molar-refractivity contribution in [1.82, 2.24) is 0 Å². The fourth-order valence-corrected chi connectivity index (χ4v) is 3.74. The smallest absolute Gasteiger partial charge is 0.237 e. The molecule has 0 unspecified atom stereocenters. The minimum Gasteiger partial charge on any atom is -0.382 e. The summed E-state index contributed by atoms with van der Waals surface area (Å²) in [4.78, 5) is 0. The molecular weight excluding hydrogens is 278 g/mol. The molecule has 0 N–H and O–H groups in total. The van der Waals surface area contributed by atoms with Crippen LogP contribution >= 0.6 is 0 Å². The van der Waals surface area contributed by atoms with Crippen molar-refractivity contribution >= 4 is 15.7 Å². The number of methoxy groups -OCH3 is 1. The number of hydrogen-bond acceptors (Lipinski definition) is 4. The lowest BCUT2D eigenvalue weighted by Crippen LogP contribution is -2.38. The minimum atomic E-state index is -3.32. The van der Waals surface area contributed by atoms with E-state index in [2.05, 4.69) is 0 Å². The lowest BCUT2D eigenvalue weighted by atomic mass is 10.0. The first-order chi connectivity index (χ1) is 9.65. The molecule has 0 atom stereocenters. The van der Waals surface area contributed by atoms with Gasteiger partial charge in [-0.3, -0.25) is 4.31 Å². The highest BCUT2D eigenvalue weighted by Gasteiger charge is 2.26. The molecular formula is C14H21NO4S. The van der Waals surface area contributed by atoms with E-state index in [1.54, 1.807) is 7.11 Å². The molecule has 5 nitrogen and oxygen atoms in total. The van der Waals surface area contributed by atoms with Gasteiger partial charge in [-0.15, -0.1) is 0 Å². The van der Waals surface area contributed by atoms with Gasteiger partial charge in [0.25, 0.3) is 0 Å². The van der Waals surface area contributed by atoms with Gasteiger partial charge in [-0.1, -0.05) is 18.2 Å². The van der Waals surface area contributed by atoms with Gasteiger partial charge in [0.05, 0.1) is 31.3 Å². The van der Waals surface area contributed by atoms with E-state index in [-0.39, 0.29) is 12.4 Å². The Labute approximate surface area is 120 Å². The van der Waals surface area contributed by atoms with Gasteiger partial charge in [0.2, 0.25) is 10.0 Å². The molecule has 0 aromatic heterocycles. The second-order valence-electron chi connectivity index (χ2n) is 4.73. The van der Waals surface area contributed by atoms with Gasteiger partial charge in [-0.2, -0.15) is 0 Å². The van der Waals surface area contributed by atoms with E-state index in [0.29, 0.717) is 19.8 Å². The van der Waals surface area contributed by atoms with Crippen LogP contribution in [-0.2, 0) is 25.9 Å². The lowest BCUT2D eigenvalue weighted by Gasteiger charge is -2.30. The number of fused-ring (bicyclic) bond motifs is 1. The van der Waals surface area contributed by atoms with Crippen LogP contribution in [0.5, 0.6) is 0 Å². The number of rotatable bonds is 7. The maximum atomic E-state index is 12.4. The first-order valence-electron chi connectivity index (χ1n) is 6.80. The number of hydrogen-bond donors (Lipinski definition) is 0. The van der Waals surface area contributed by atoms with Crippen LogP contribution in [0.3, 0.4) is 0 Å². The molecule has 1 aliphatic rings. The molecule has 2 rings (SSSR count). The average molecular weight is 299 g/mol. The van der Waals surface area contributed by atoms with E-state index >= 15 is 0 Å². The minimum absolute atomic E-state index is 0.00501. The predicted molar refractivity (Wildman–Crippen MR) is 78.6 cm³/mol. The Morgan fingerprint density at radius 3 is 2.80 bits per heavy atom. The maximum Gasteiger partial charge on any atom is 0.237 e. The van der Waals surface area contributed by atoms with E-state index in [0.717, 1.165) is 24.1 Å². The maximum absolute atomic E-state index is 12.4. The lowest BCUT2D eigenvalue weighted by molar-refractivity contribution is 0.0785. The summed E-state index contributed by atoms with van der Waals surface area (Å²) in [6, 6.07) is 7.69. The van der Waals surface area contributed by atoms with Crippen LogP contribution in [-0.4, -0.2) is 47.6 Å². The summed E-state index contributed by atoms with van der Waals surface area (Å²) >= 11 is 0. The van der Waals surface area contributed by atoms with Gasteiger partial charge >= 0.3 is 0 Å². The molecule has 1 aliphatic heterocycles. The SMILES string of the molecule is COCCOCCS(=O)(=O)N1CCCc2ccccc21. The van der Waals surface area contributed by atoms with Crippen LogP contribution in [0, 0.1) is 0 Å². The number of benzene rings is 1. The normalized spacial score (nSPS) is 15.2. The fraction of sp³-hybridized carbons (Fsp3) is 0.571. The molecule has 0 radical (unpaired) electrons. The average Bonchev–Trinajstić information content (AvgIpc) is 2.46. The fourth-order valence-electron chi connectivity index (χ4n) is 2.31. The van der Waals surface area contributed by atoms with Crippen molar-refractivity contribution in [3.63, 3.8) is 0 Å². The van der Waals surface area contributed by atoms with Gasteiger partial charge in [0, 0.05) is 13.7 Å². The summed E-state index contributed by atoms with van der Waals surface area (Å²) in [5, 5.41) is 0. The van der Waals surface area contributed by atoms with Crippen LogP contribution in [0.15, 0.2) is 24.3 Å². The molecule has 0 spiro atoms. The third-order valence-corrected chi connectivity index (χ3v) is 5.05. The standard InChI is InChI=1S/C14H21NO4S/c1-18-9-10-19-11-12-20(16,17)15-8-4-6-13-5-2-3-7-14(13)15/h2-3,5,7H,4,6,8-12H2,1H3. The number of ether oxygens (including phenoxy) is 2. The van der Waals surface area contributed by atoms with Crippen molar-refractivity contribution in [2.45, 2.75) is 12.8 Å². The Hall–Kier alpha value is -1.11. The predicted octanol–water partition coefficient (Wildman–Crippen LogP) is 1.43. The highest BCUT2D eigenvalue weighted by molar-refractivity contribution is 7.92. The van der Waals surface area contributed by atoms with Gasteiger partial charge in [-0.25, -0.2) is 8.42 Å². The van der Waals surface area contributed by atoms with Crippen LogP contribution in [0.1, 0.15) is 12.0 Å². The molecule has 0 saturated carbocycles. The Morgan fingerprint density at radius 1 is 1.20 bits per heavy atom. The first kappa shape index (κ1) is 15.3. The quantitative estimate of drug-likeness (QED) is 0.715. The van der Waals surface area contributed by atoms with Crippen LogP contribution in [0.2, 0.25) is 0 Å². The molecule has 20 heavy (non-hydrogen) atoms. The summed E-state index contributed by atoms with van der Waals surface area (Å²) < 4.78 is 36.4. The molecule has 0 aliphatic carbocycles. The molecule has 1 aromatic rings. The van der Waals surface area contributed by atoms with E-state index in [1.165, 1.54) is 4.31 Å². The zero-order valence-corrected chi connectivity index (χ0v) is 12.6. The van der Waals surface area contributed by atoms with Crippen molar-refractivity contribution in [2.24, 2.45) is 0 Å².